The van der Waals surface area contributed by atoms with E-state index in [0.29, 0.717) is 12.8 Å². The average Bonchev–Trinajstić information content (AvgIpc) is 3.04. The molecule has 11 heteroatoms. The van der Waals surface area contributed by atoms with Gasteiger partial charge in [0.05, 0.1) is 19.8 Å². The Morgan fingerprint density at radius 2 is 1.07 bits per heavy atom. The molecule has 0 radical (unpaired) electrons. The summed E-state index contributed by atoms with van der Waals surface area (Å²) in [5, 5.41) is 18.2. The van der Waals surface area contributed by atoms with Crippen LogP contribution in [0.4, 0.5) is 0 Å². The second-order valence-corrected chi connectivity index (χ2v) is 13.7. The fourth-order valence-corrected chi connectivity index (χ4v) is 5.60. The van der Waals surface area contributed by atoms with Crippen molar-refractivity contribution in [2.45, 2.75) is 174 Å². The summed E-state index contributed by atoms with van der Waals surface area (Å²) in [4.78, 5) is 34.4. The first-order valence-electron chi connectivity index (χ1n) is 18.1. The lowest BCUT2D eigenvalue weighted by molar-refractivity contribution is -0.161. The van der Waals surface area contributed by atoms with Crippen LogP contribution in [0.25, 0.3) is 0 Å². The molecule has 0 aliphatic heterocycles. The van der Waals surface area contributed by atoms with Gasteiger partial charge in [-0.25, -0.2) is 4.57 Å². The molecule has 0 bridgehead atoms. The smallest absolute Gasteiger partial charge is 0.462 e. The van der Waals surface area contributed by atoms with E-state index in [1.54, 1.807) is 0 Å². The number of aliphatic hydroxyl groups is 2. The fraction of sp³-hybridized carbons (Fsp3) is 0.886. The van der Waals surface area contributed by atoms with Gasteiger partial charge in [-0.2, -0.15) is 0 Å². The maximum absolute atomic E-state index is 12.5. The van der Waals surface area contributed by atoms with Gasteiger partial charge >= 0.3 is 19.8 Å². The van der Waals surface area contributed by atoms with E-state index in [-0.39, 0.29) is 19.4 Å². The van der Waals surface area contributed by atoms with Crippen molar-refractivity contribution < 1.29 is 47.8 Å². The largest absolute Gasteiger partial charge is 0.472 e. The van der Waals surface area contributed by atoms with Crippen molar-refractivity contribution in [1.29, 1.82) is 0 Å². The number of carbonyl (C=O) groups excluding carboxylic acids is 2. The first-order valence-corrected chi connectivity index (χ1v) is 19.6. The van der Waals surface area contributed by atoms with Crippen molar-refractivity contribution in [2.75, 3.05) is 26.4 Å². The number of phosphoric ester groups is 1. The lowest BCUT2D eigenvalue weighted by Gasteiger charge is -2.20. The first kappa shape index (κ1) is 44.7. The number of unbranched alkanes of at least 4 members (excludes halogenated alkanes) is 18. The maximum atomic E-state index is 12.5. The third kappa shape index (κ3) is 31.3. The number of phosphoric acid groups is 1. The molecule has 0 aromatic carbocycles. The van der Waals surface area contributed by atoms with Crippen molar-refractivity contribution in [3.63, 3.8) is 0 Å². The lowest BCUT2D eigenvalue weighted by Crippen LogP contribution is -2.29. The normalized spacial score (nSPS) is 14.3. The molecular formula is C35H67O10P. The van der Waals surface area contributed by atoms with Crippen molar-refractivity contribution in [2.24, 2.45) is 0 Å². The Balaban J connectivity index is 4.14. The minimum absolute atomic E-state index is 0.184. The molecular weight excluding hydrogens is 611 g/mol. The van der Waals surface area contributed by atoms with E-state index in [1.807, 2.05) is 0 Å². The highest BCUT2D eigenvalue weighted by Crippen LogP contribution is 2.43. The summed E-state index contributed by atoms with van der Waals surface area (Å²) in [6.07, 6.45) is 26.8. The van der Waals surface area contributed by atoms with Crippen molar-refractivity contribution in [1.82, 2.24) is 0 Å². The number of carbonyl (C=O) groups is 2. The van der Waals surface area contributed by atoms with Gasteiger partial charge in [-0.15, -0.1) is 0 Å². The molecule has 0 saturated carbocycles. The van der Waals surface area contributed by atoms with Gasteiger partial charge in [-0.3, -0.25) is 18.6 Å². The molecule has 3 N–H and O–H groups in total. The van der Waals surface area contributed by atoms with E-state index in [4.69, 9.17) is 19.1 Å². The van der Waals surface area contributed by atoms with Gasteiger partial charge in [0.25, 0.3) is 0 Å². The Morgan fingerprint density at radius 3 is 1.59 bits per heavy atom. The molecule has 0 rings (SSSR count). The standard InChI is InChI=1S/C35H67O10P/c1-3-5-7-9-10-11-12-13-14-15-16-17-18-19-20-21-22-23-25-27-35(39)45-33(30-42-34(38)26-24-8-6-4-2)31-44-46(40,41)43-29-32(37)28-36/h13-14,32-33,36-37H,3-12,15-31H2,1-2H3,(H,40,41)/b14-13-. The van der Waals surface area contributed by atoms with Crippen LogP contribution in [0.3, 0.4) is 0 Å². The topological polar surface area (TPSA) is 149 Å². The predicted octanol–water partition coefficient (Wildman–Crippen LogP) is 8.50. The van der Waals surface area contributed by atoms with Crippen LogP contribution in [0.15, 0.2) is 12.2 Å². The molecule has 0 aliphatic carbocycles. The van der Waals surface area contributed by atoms with Gasteiger partial charge < -0.3 is 24.6 Å². The van der Waals surface area contributed by atoms with Crippen LogP contribution in [0.1, 0.15) is 162 Å². The Morgan fingerprint density at radius 1 is 0.630 bits per heavy atom. The van der Waals surface area contributed by atoms with Crippen molar-refractivity contribution in [3.8, 4) is 0 Å². The van der Waals surface area contributed by atoms with Crippen molar-refractivity contribution in [3.05, 3.63) is 12.2 Å². The van der Waals surface area contributed by atoms with Crippen LogP contribution in [-0.4, -0.2) is 65.7 Å². The van der Waals surface area contributed by atoms with Gasteiger partial charge in [0.1, 0.15) is 12.7 Å². The Bertz CT molecular complexity index is 791. The Kier molecular flexibility index (Phi) is 31.4. The monoisotopic (exact) mass is 678 g/mol. The molecule has 0 aromatic rings. The second-order valence-electron chi connectivity index (χ2n) is 12.3. The van der Waals surface area contributed by atoms with Gasteiger partial charge in [0.2, 0.25) is 0 Å². The summed E-state index contributed by atoms with van der Waals surface area (Å²) in [5.74, 6) is -0.944. The summed E-state index contributed by atoms with van der Waals surface area (Å²) < 4.78 is 32.3. The number of allylic oxidation sites excluding steroid dienone is 2. The first-order chi connectivity index (χ1) is 22.2. The van der Waals surface area contributed by atoms with E-state index in [2.05, 4.69) is 30.5 Å². The molecule has 0 aromatic heterocycles. The summed E-state index contributed by atoms with van der Waals surface area (Å²) in [6, 6.07) is 0. The molecule has 3 unspecified atom stereocenters. The van der Waals surface area contributed by atoms with E-state index >= 15 is 0 Å². The van der Waals surface area contributed by atoms with Crippen molar-refractivity contribution >= 4 is 19.8 Å². The summed E-state index contributed by atoms with van der Waals surface area (Å²) in [6.45, 7) is 2.22. The number of esters is 2. The number of ether oxygens (including phenoxy) is 2. The zero-order chi connectivity index (χ0) is 34.1. The van der Waals surface area contributed by atoms with Crippen LogP contribution < -0.4 is 0 Å². The lowest BCUT2D eigenvalue weighted by atomic mass is 10.1. The summed E-state index contributed by atoms with van der Waals surface area (Å²) >= 11 is 0. The molecule has 3 atom stereocenters. The predicted molar refractivity (Wildman–Crippen MR) is 182 cm³/mol. The van der Waals surface area contributed by atoms with Crippen LogP contribution in [0, 0.1) is 0 Å². The minimum atomic E-state index is -4.59. The number of hydrogen-bond acceptors (Lipinski definition) is 9. The van der Waals surface area contributed by atoms with E-state index < -0.39 is 51.8 Å². The molecule has 272 valence electrons. The van der Waals surface area contributed by atoms with Gasteiger partial charge in [0.15, 0.2) is 6.10 Å². The van der Waals surface area contributed by atoms with Crippen LogP contribution >= 0.6 is 7.82 Å². The Hall–Kier alpha value is -1.29. The highest BCUT2D eigenvalue weighted by atomic mass is 31.2. The third-order valence-corrected chi connectivity index (χ3v) is 8.62. The van der Waals surface area contributed by atoms with Gasteiger partial charge in [0, 0.05) is 12.8 Å². The van der Waals surface area contributed by atoms with E-state index in [0.717, 1.165) is 38.5 Å². The number of aliphatic hydroxyl groups excluding tert-OH is 2. The molecule has 0 fully saturated rings. The van der Waals surface area contributed by atoms with Crippen LogP contribution in [0.5, 0.6) is 0 Å². The molecule has 0 aliphatic rings. The zero-order valence-electron chi connectivity index (χ0n) is 29.0. The number of rotatable bonds is 34. The molecule has 0 amide bonds. The maximum Gasteiger partial charge on any atom is 0.472 e. The SMILES string of the molecule is CCCCCCCC/C=C\CCCCCCCCCCCC(=O)OC(COC(=O)CCCCCC)COP(=O)(O)OCC(O)CO. The summed E-state index contributed by atoms with van der Waals surface area (Å²) in [7, 11) is -4.59. The minimum Gasteiger partial charge on any atom is -0.462 e. The fourth-order valence-electron chi connectivity index (χ4n) is 4.81. The van der Waals surface area contributed by atoms with Crippen LogP contribution in [0.2, 0.25) is 0 Å². The molecule has 10 nitrogen and oxygen atoms in total. The number of hydrogen-bond donors (Lipinski definition) is 3. The van der Waals surface area contributed by atoms with E-state index in [9.17, 15) is 24.2 Å². The van der Waals surface area contributed by atoms with Crippen LogP contribution in [-0.2, 0) is 32.7 Å². The average molecular weight is 679 g/mol. The molecule has 46 heavy (non-hydrogen) atoms. The second kappa shape index (κ2) is 32.3. The quantitative estimate of drug-likeness (QED) is 0.0262. The van der Waals surface area contributed by atoms with Gasteiger partial charge in [-0.1, -0.05) is 122 Å². The molecule has 0 saturated heterocycles. The third-order valence-electron chi connectivity index (χ3n) is 7.67. The molecule has 0 heterocycles. The van der Waals surface area contributed by atoms with Gasteiger partial charge in [-0.05, 0) is 38.5 Å². The van der Waals surface area contributed by atoms with E-state index in [1.165, 1.54) is 83.5 Å². The molecule has 0 spiro atoms. The highest BCUT2D eigenvalue weighted by molar-refractivity contribution is 7.47. The summed E-state index contributed by atoms with van der Waals surface area (Å²) in [5.41, 5.74) is 0. The zero-order valence-corrected chi connectivity index (χ0v) is 29.9. The highest BCUT2D eigenvalue weighted by Gasteiger charge is 2.27. The Labute approximate surface area is 279 Å².